The Morgan fingerprint density at radius 3 is 2.59 bits per heavy atom. The van der Waals surface area contributed by atoms with Crippen molar-refractivity contribution in [3.8, 4) is 11.4 Å². The third-order valence-electron chi connectivity index (χ3n) is 2.91. The summed E-state index contributed by atoms with van der Waals surface area (Å²) in [5.74, 6) is 0.954. The summed E-state index contributed by atoms with van der Waals surface area (Å²) in [5, 5.41) is 0. The normalized spacial score (nSPS) is 10.9. The maximum Gasteiger partial charge on any atom is 0.141 e. The number of nitrogens with zero attached hydrogens (tertiary/aromatic N) is 2. The quantitative estimate of drug-likeness (QED) is 0.925. The molecule has 1 heterocycles. The van der Waals surface area contributed by atoms with Gasteiger partial charge in [0.1, 0.15) is 10.4 Å². The second-order valence-corrected chi connectivity index (χ2v) is 5.01. The molecule has 1 aromatic heterocycles. The average molecular weight is 294 g/mol. The van der Waals surface area contributed by atoms with Crippen LogP contribution in [0.15, 0.2) is 22.8 Å². The lowest BCUT2D eigenvalue weighted by Gasteiger charge is -2.07. The first-order valence-electron chi connectivity index (χ1n) is 5.53. The molecule has 0 saturated carbocycles. The van der Waals surface area contributed by atoms with Crippen LogP contribution in [-0.4, -0.2) is 9.55 Å². The summed E-state index contributed by atoms with van der Waals surface area (Å²) in [7, 11) is 1.99. The molecule has 2 N–H and O–H groups in total. The zero-order valence-electron chi connectivity index (χ0n) is 10.3. The van der Waals surface area contributed by atoms with E-state index in [1.807, 2.05) is 11.6 Å². The Balaban J connectivity index is 2.60. The zero-order valence-corrected chi connectivity index (χ0v) is 11.9. The topological polar surface area (TPSA) is 43.8 Å². The van der Waals surface area contributed by atoms with Crippen molar-refractivity contribution in [3.63, 3.8) is 0 Å². The molecule has 0 saturated heterocycles. The number of nitrogens with two attached hydrogens (primary N) is 1. The maximum atomic E-state index is 5.67. The van der Waals surface area contributed by atoms with Crippen molar-refractivity contribution in [2.75, 3.05) is 0 Å². The van der Waals surface area contributed by atoms with Crippen LogP contribution < -0.4 is 5.73 Å². The summed E-state index contributed by atoms with van der Waals surface area (Å²) in [6, 6.07) is 6.38. The molecule has 0 aliphatic rings. The van der Waals surface area contributed by atoms with E-state index in [2.05, 4.69) is 53.0 Å². The Hall–Kier alpha value is -1.13. The molecule has 0 spiro atoms. The molecule has 90 valence electrons. The van der Waals surface area contributed by atoms with Gasteiger partial charge in [-0.2, -0.15) is 0 Å². The summed E-state index contributed by atoms with van der Waals surface area (Å²) in [6.45, 7) is 4.64. The molecule has 0 bridgehead atoms. The van der Waals surface area contributed by atoms with Crippen LogP contribution in [0.3, 0.4) is 0 Å². The third-order valence-corrected chi connectivity index (χ3v) is 3.90. The van der Waals surface area contributed by atoms with Crippen LogP contribution in [0.25, 0.3) is 11.4 Å². The number of halogens is 1. The summed E-state index contributed by atoms with van der Waals surface area (Å²) in [5.41, 5.74) is 10.2. The number of benzene rings is 1. The minimum atomic E-state index is 0.444. The van der Waals surface area contributed by atoms with Gasteiger partial charge >= 0.3 is 0 Å². The lowest BCUT2D eigenvalue weighted by atomic mass is 10.1. The van der Waals surface area contributed by atoms with E-state index in [9.17, 15) is 0 Å². The molecule has 1 aromatic carbocycles. The van der Waals surface area contributed by atoms with Crippen LogP contribution in [0, 0.1) is 13.8 Å². The van der Waals surface area contributed by atoms with Crippen molar-refractivity contribution in [1.82, 2.24) is 9.55 Å². The van der Waals surface area contributed by atoms with Crippen molar-refractivity contribution in [2.45, 2.75) is 20.4 Å². The van der Waals surface area contributed by atoms with Crippen LogP contribution in [0.5, 0.6) is 0 Å². The van der Waals surface area contributed by atoms with Crippen LogP contribution in [0.1, 0.15) is 16.8 Å². The Bertz CT molecular complexity index is 558. The van der Waals surface area contributed by atoms with Crippen molar-refractivity contribution >= 4 is 15.9 Å². The summed E-state index contributed by atoms with van der Waals surface area (Å²) >= 11 is 3.52. The van der Waals surface area contributed by atoms with Crippen LogP contribution in [-0.2, 0) is 13.6 Å². The molecule has 0 atom stereocenters. The number of hydrogen-bond donors (Lipinski definition) is 1. The van der Waals surface area contributed by atoms with Crippen LogP contribution in [0.4, 0.5) is 0 Å². The van der Waals surface area contributed by atoms with E-state index in [0.717, 1.165) is 21.7 Å². The van der Waals surface area contributed by atoms with Gasteiger partial charge in [0.2, 0.25) is 0 Å². The summed E-state index contributed by atoms with van der Waals surface area (Å²) < 4.78 is 2.98. The summed E-state index contributed by atoms with van der Waals surface area (Å²) in [6.07, 6.45) is 0. The smallest absolute Gasteiger partial charge is 0.141 e. The number of hydrogen-bond acceptors (Lipinski definition) is 2. The van der Waals surface area contributed by atoms with Crippen LogP contribution in [0.2, 0.25) is 0 Å². The highest BCUT2D eigenvalue weighted by Gasteiger charge is 2.14. The number of aromatic nitrogens is 2. The van der Waals surface area contributed by atoms with Gasteiger partial charge in [0, 0.05) is 19.2 Å². The van der Waals surface area contributed by atoms with E-state index in [1.54, 1.807) is 0 Å². The van der Waals surface area contributed by atoms with E-state index in [1.165, 1.54) is 11.1 Å². The largest absolute Gasteiger partial charge is 0.325 e. The van der Waals surface area contributed by atoms with Gasteiger partial charge in [-0.1, -0.05) is 23.8 Å². The molecule has 0 aliphatic carbocycles. The molecule has 0 amide bonds. The standard InChI is InChI=1S/C13H16BrN3/c1-8-4-5-10(9(2)6-8)13-16-11(7-15)12(14)17(13)3/h4-6H,7,15H2,1-3H3. The highest BCUT2D eigenvalue weighted by Crippen LogP contribution is 2.27. The molecule has 0 radical (unpaired) electrons. The predicted octanol–water partition coefficient (Wildman–Crippen LogP) is 2.93. The minimum absolute atomic E-state index is 0.444. The second-order valence-electron chi connectivity index (χ2n) is 4.25. The van der Waals surface area contributed by atoms with E-state index in [0.29, 0.717) is 6.54 Å². The van der Waals surface area contributed by atoms with Crippen molar-refractivity contribution in [3.05, 3.63) is 39.6 Å². The molecule has 2 aromatic rings. The van der Waals surface area contributed by atoms with Gasteiger partial charge in [-0.25, -0.2) is 4.98 Å². The number of rotatable bonds is 2. The molecule has 0 aliphatic heterocycles. The lowest BCUT2D eigenvalue weighted by molar-refractivity contribution is 0.892. The molecule has 3 nitrogen and oxygen atoms in total. The van der Waals surface area contributed by atoms with Gasteiger partial charge in [-0.3, -0.25) is 0 Å². The van der Waals surface area contributed by atoms with Gasteiger partial charge in [0.15, 0.2) is 0 Å². The minimum Gasteiger partial charge on any atom is -0.325 e. The van der Waals surface area contributed by atoms with E-state index in [-0.39, 0.29) is 0 Å². The fourth-order valence-corrected chi connectivity index (χ4v) is 2.39. The molecular weight excluding hydrogens is 278 g/mol. The molecular formula is C13H16BrN3. The Morgan fingerprint density at radius 1 is 1.35 bits per heavy atom. The average Bonchev–Trinajstić information content (AvgIpc) is 2.57. The van der Waals surface area contributed by atoms with Crippen LogP contribution >= 0.6 is 15.9 Å². The SMILES string of the molecule is Cc1ccc(-c2nc(CN)c(Br)n2C)c(C)c1. The Kier molecular flexibility index (Phi) is 3.35. The Labute approximate surface area is 110 Å². The molecule has 4 heteroatoms. The molecule has 17 heavy (non-hydrogen) atoms. The second kappa shape index (κ2) is 4.63. The van der Waals surface area contributed by atoms with Gasteiger partial charge in [-0.15, -0.1) is 0 Å². The maximum absolute atomic E-state index is 5.67. The van der Waals surface area contributed by atoms with Crippen molar-refractivity contribution in [1.29, 1.82) is 0 Å². The molecule has 0 unspecified atom stereocenters. The van der Waals surface area contributed by atoms with E-state index < -0.39 is 0 Å². The van der Waals surface area contributed by atoms with E-state index in [4.69, 9.17) is 5.73 Å². The first kappa shape index (κ1) is 12.3. The fourth-order valence-electron chi connectivity index (χ4n) is 1.97. The summed E-state index contributed by atoms with van der Waals surface area (Å²) in [4.78, 5) is 4.58. The predicted molar refractivity (Wildman–Crippen MR) is 73.7 cm³/mol. The third kappa shape index (κ3) is 2.15. The lowest BCUT2D eigenvalue weighted by Crippen LogP contribution is -1.97. The van der Waals surface area contributed by atoms with Gasteiger partial charge < -0.3 is 10.3 Å². The fraction of sp³-hybridized carbons (Fsp3) is 0.308. The monoisotopic (exact) mass is 293 g/mol. The highest BCUT2D eigenvalue weighted by atomic mass is 79.9. The number of imidazole rings is 1. The Morgan fingerprint density at radius 2 is 2.06 bits per heavy atom. The van der Waals surface area contributed by atoms with Gasteiger partial charge in [0.25, 0.3) is 0 Å². The van der Waals surface area contributed by atoms with Gasteiger partial charge in [0.05, 0.1) is 5.69 Å². The first-order valence-corrected chi connectivity index (χ1v) is 6.32. The van der Waals surface area contributed by atoms with Crippen molar-refractivity contribution < 1.29 is 0 Å². The zero-order chi connectivity index (χ0) is 12.6. The first-order chi connectivity index (χ1) is 8.04. The number of aryl methyl sites for hydroxylation is 2. The van der Waals surface area contributed by atoms with Gasteiger partial charge in [-0.05, 0) is 35.3 Å². The highest BCUT2D eigenvalue weighted by molar-refractivity contribution is 9.10. The van der Waals surface area contributed by atoms with E-state index >= 15 is 0 Å². The van der Waals surface area contributed by atoms with Crippen molar-refractivity contribution in [2.24, 2.45) is 12.8 Å². The molecule has 0 fully saturated rings. The molecule has 2 rings (SSSR count).